The van der Waals surface area contributed by atoms with E-state index in [4.69, 9.17) is 4.74 Å². The highest BCUT2D eigenvalue weighted by atomic mass is 16.6. The Morgan fingerprint density at radius 1 is 1.47 bits per heavy atom. The maximum absolute atomic E-state index is 11.9. The Balaban J connectivity index is 2.10. The van der Waals surface area contributed by atoms with Crippen LogP contribution in [-0.2, 0) is 11.3 Å². The second-order valence-electron chi connectivity index (χ2n) is 5.01. The van der Waals surface area contributed by atoms with Crippen LogP contribution in [0.3, 0.4) is 0 Å². The average molecular weight is 235 g/mol. The van der Waals surface area contributed by atoms with Crippen LogP contribution < -0.4 is 0 Å². The van der Waals surface area contributed by atoms with Gasteiger partial charge in [-0.15, -0.1) is 0 Å². The topological polar surface area (TPSA) is 47.4 Å². The highest BCUT2D eigenvalue weighted by molar-refractivity contribution is 5.68. The summed E-state index contributed by atoms with van der Waals surface area (Å²) in [4.78, 5) is 13.6. The van der Waals surface area contributed by atoms with Crippen molar-refractivity contribution in [2.75, 3.05) is 6.54 Å². The van der Waals surface area contributed by atoms with Gasteiger partial charge in [0.05, 0.1) is 12.2 Å². The van der Waals surface area contributed by atoms with E-state index in [9.17, 15) is 4.79 Å². The number of hydrogen-bond acceptors (Lipinski definition) is 3. The minimum atomic E-state index is -0.465. The summed E-state index contributed by atoms with van der Waals surface area (Å²) in [6.45, 7) is 6.65. The van der Waals surface area contributed by atoms with Gasteiger partial charge in [-0.3, -0.25) is 4.90 Å². The van der Waals surface area contributed by atoms with Crippen molar-refractivity contribution in [2.45, 2.75) is 32.9 Å². The standard InChI is InChI=1S/C12H17N3O2/c1-12(2,3)17-11(16)14-7-4-8-15-10(9-14)5-6-13-15/h4-6,8H,7,9H2,1-3H3. The van der Waals surface area contributed by atoms with Crippen LogP contribution in [0.4, 0.5) is 4.79 Å². The molecule has 0 saturated carbocycles. The first kappa shape index (κ1) is 11.7. The number of carbonyl (C=O) groups is 1. The number of aromatic nitrogens is 2. The molecule has 0 spiro atoms. The van der Waals surface area contributed by atoms with Crippen molar-refractivity contribution < 1.29 is 9.53 Å². The first-order chi connectivity index (χ1) is 7.96. The van der Waals surface area contributed by atoms with Gasteiger partial charge in [0.15, 0.2) is 0 Å². The number of fused-ring (bicyclic) bond motifs is 1. The molecule has 0 bridgehead atoms. The number of ether oxygens (including phenoxy) is 1. The molecule has 92 valence electrons. The van der Waals surface area contributed by atoms with E-state index < -0.39 is 5.60 Å². The lowest BCUT2D eigenvalue weighted by molar-refractivity contribution is 0.0256. The van der Waals surface area contributed by atoms with Gasteiger partial charge in [0, 0.05) is 18.9 Å². The molecule has 0 unspecified atom stereocenters. The Kier molecular flexibility index (Phi) is 2.92. The van der Waals surface area contributed by atoms with Crippen LogP contribution in [0.15, 0.2) is 18.3 Å². The third-order valence-electron chi connectivity index (χ3n) is 2.33. The van der Waals surface area contributed by atoms with E-state index in [1.807, 2.05) is 39.1 Å². The molecule has 0 fully saturated rings. The Labute approximate surface area is 101 Å². The first-order valence-electron chi connectivity index (χ1n) is 5.63. The molecule has 0 aliphatic carbocycles. The smallest absolute Gasteiger partial charge is 0.410 e. The van der Waals surface area contributed by atoms with Gasteiger partial charge >= 0.3 is 6.09 Å². The number of hydrogen-bond donors (Lipinski definition) is 0. The molecule has 0 aromatic carbocycles. The SMILES string of the molecule is CC(C)(C)OC(=O)N1CC=Cn2nccc2C1. The summed E-state index contributed by atoms with van der Waals surface area (Å²) in [7, 11) is 0. The molecule has 1 aliphatic heterocycles. The van der Waals surface area contributed by atoms with Gasteiger partial charge in [-0.05, 0) is 32.9 Å². The van der Waals surface area contributed by atoms with Crippen molar-refractivity contribution in [3.8, 4) is 0 Å². The summed E-state index contributed by atoms with van der Waals surface area (Å²) < 4.78 is 7.12. The molecular weight excluding hydrogens is 218 g/mol. The predicted octanol–water partition coefficient (Wildman–Crippen LogP) is 2.10. The monoisotopic (exact) mass is 235 g/mol. The van der Waals surface area contributed by atoms with E-state index in [2.05, 4.69) is 5.10 Å². The summed E-state index contributed by atoms with van der Waals surface area (Å²) in [5.74, 6) is 0. The summed E-state index contributed by atoms with van der Waals surface area (Å²) in [6, 6.07) is 1.90. The van der Waals surface area contributed by atoms with Crippen LogP contribution in [0, 0.1) is 0 Å². The highest BCUT2D eigenvalue weighted by Gasteiger charge is 2.23. The van der Waals surface area contributed by atoms with Crippen molar-refractivity contribution in [3.63, 3.8) is 0 Å². The Bertz CT molecular complexity index is 443. The zero-order chi connectivity index (χ0) is 12.5. The van der Waals surface area contributed by atoms with Gasteiger partial charge in [-0.25, -0.2) is 9.48 Å². The minimum Gasteiger partial charge on any atom is -0.444 e. The number of rotatable bonds is 0. The lowest BCUT2D eigenvalue weighted by Crippen LogP contribution is -2.36. The molecule has 2 heterocycles. The lowest BCUT2D eigenvalue weighted by Gasteiger charge is -2.25. The summed E-state index contributed by atoms with van der Waals surface area (Å²) in [5.41, 5.74) is 0.512. The molecule has 0 radical (unpaired) electrons. The minimum absolute atomic E-state index is 0.295. The molecule has 5 nitrogen and oxygen atoms in total. The quantitative estimate of drug-likeness (QED) is 0.692. The van der Waals surface area contributed by atoms with Crippen LogP contribution in [0.1, 0.15) is 26.5 Å². The van der Waals surface area contributed by atoms with E-state index in [1.165, 1.54) is 0 Å². The summed E-state index contributed by atoms with van der Waals surface area (Å²) in [6.07, 6.45) is 5.18. The molecule has 17 heavy (non-hydrogen) atoms. The predicted molar refractivity (Wildman–Crippen MR) is 64.2 cm³/mol. The Hall–Kier alpha value is -1.78. The van der Waals surface area contributed by atoms with Gasteiger partial charge in [-0.1, -0.05) is 0 Å². The van der Waals surface area contributed by atoms with Crippen molar-refractivity contribution in [1.82, 2.24) is 14.7 Å². The molecule has 1 aromatic rings. The maximum Gasteiger partial charge on any atom is 0.410 e. The van der Waals surface area contributed by atoms with E-state index in [-0.39, 0.29) is 6.09 Å². The summed E-state index contributed by atoms with van der Waals surface area (Å²) >= 11 is 0. The van der Waals surface area contributed by atoms with Crippen molar-refractivity contribution in [3.05, 3.63) is 24.0 Å². The van der Waals surface area contributed by atoms with Crippen LogP contribution in [0.25, 0.3) is 6.20 Å². The molecule has 1 aromatic heterocycles. The average Bonchev–Trinajstić information content (AvgIpc) is 2.53. The van der Waals surface area contributed by atoms with Crippen LogP contribution in [0.5, 0.6) is 0 Å². The van der Waals surface area contributed by atoms with E-state index in [0.29, 0.717) is 13.1 Å². The third-order valence-corrected chi connectivity index (χ3v) is 2.33. The van der Waals surface area contributed by atoms with Gasteiger partial charge in [0.1, 0.15) is 5.60 Å². The largest absolute Gasteiger partial charge is 0.444 e. The van der Waals surface area contributed by atoms with E-state index in [1.54, 1.807) is 15.8 Å². The zero-order valence-electron chi connectivity index (χ0n) is 10.4. The third kappa shape index (κ3) is 2.87. The van der Waals surface area contributed by atoms with Gasteiger partial charge < -0.3 is 4.74 Å². The van der Waals surface area contributed by atoms with Gasteiger partial charge in [-0.2, -0.15) is 5.10 Å². The summed E-state index contributed by atoms with van der Waals surface area (Å²) in [5, 5.41) is 4.14. The van der Waals surface area contributed by atoms with Crippen molar-refractivity contribution >= 4 is 12.3 Å². The fourth-order valence-electron chi connectivity index (χ4n) is 1.60. The second-order valence-corrected chi connectivity index (χ2v) is 5.01. The van der Waals surface area contributed by atoms with Crippen molar-refractivity contribution in [1.29, 1.82) is 0 Å². The van der Waals surface area contributed by atoms with E-state index in [0.717, 1.165) is 5.69 Å². The molecule has 0 N–H and O–H groups in total. The van der Waals surface area contributed by atoms with E-state index >= 15 is 0 Å². The van der Waals surface area contributed by atoms with Crippen LogP contribution >= 0.6 is 0 Å². The normalized spacial score (nSPS) is 15.4. The van der Waals surface area contributed by atoms with Crippen molar-refractivity contribution in [2.24, 2.45) is 0 Å². The molecule has 1 aliphatic rings. The Morgan fingerprint density at radius 3 is 2.94 bits per heavy atom. The Morgan fingerprint density at radius 2 is 2.24 bits per heavy atom. The second kappa shape index (κ2) is 4.24. The van der Waals surface area contributed by atoms with Gasteiger partial charge in [0.25, 0.3) is 0 Å². The first-order valence-corrected chi connectivity index (χ1v) is 5.63. The number of amides is 1. The highest BCUT2D eigenvalue weighted by Crippen LogP contribution is 2.14. The molecule has 0 saturated heterocycles. The number of nitrogens with zero attached hydrogens (tertiary/aromatic N) is 3. The molecule has 0 atom stereocenters. The maximum atomic E-state index is 11.9. The zero-order valence-corrected chi connectivity index (χ0v) is 10.4. The molecular formula is C12H17N3O2. The fourth-order valence-corrected chi connectivity index (χ4v) is 1.60. The number of carbonyl (C=O) groups excluding carboxylic acids is 1. The molecule has 5 heteroatoms. The van der Waals surface area contributed by atoms with Crippen LogP contribution in [0.2, 0.25) is 0 Å². The lowest BCUT2D eigenvalue weighted by atomic mass is 10.2. The van der Waals surface area contributed by atoms with Gasteiger partial charge in [0.2, 0.25) is 0 Å². The molecule has 2 rings (SSSR count). The molecule has 1 amide bonds. The fraction of sp³-hybridized carbons (Fsp3) is 0.500. The van der Waals surface area contributed by atoms with Crippen LogP contribution in [-0.4, -0.2) is 32.9 Å².